The summed E-state index contributed by atoms with van der Waals surface area (Å²) in [6, 6.07) is 8.56. The Labute approximate surface area is 314 Å². The van der Waals surface area contributed by atoms with E-state index >= 15 is 0 Å². The van der Waals surface area contributed by atoms with Crippen molar-refractivity contribution in [3.63, 3.8) is 0 Å². The molecule has 4 bridgehead atoms. The van der Waals surface area contributed by atoms with Crippen LogP contribution in [0.3, 0.4) is 0 Å². The van der Waals surface area contributed by atoms with Crippen LogP contribution >= 0.6 is 0 Å². The molecule has 0 aromatic heterocycles. The molecule has 0 saturated heterocycles. The first kappa shape index (κ1) is 39.8. The molecule has 6 heteroatoms. The number of benzene rings is 2. The third-order valence-electron chi connectivity index (χ3n) is 14.0. The number of hydrogen-bond donors (Lipinski definition) is 0. The highest BCUT2D eigenvalue weighted by atomic mass is 16.5. The van der Waals surface area contributed by atoms with Crippen LogP contribution in [-0.4, -0.2) is 41.5 Å². The first-order valence-electron chi connectivity index (χ1n) is 19.2. The van der Waals surface area contributed by atoms with Crippen molar-refractivity contribution < 1.29 is 28.5 Å². The summed E-state index contributed by atoms with van der Waals surface area (Å²) in [7, 11) is 8.39. The summed E-state index contributed by atoms with van der Waals surface area (Å²) in [6.45, 7) is 24.8. The summed E-state index contributed by atoms with van der Waals surface area (Å²) < 4.78 is 28.7. The Morgan fingerprint density at radius 3 is 1.37 bits per heavy atom. The largest absolute Gasteiger partial charge is 0.496 e. The molecular formula is C46H66O6. The average molecular weight is 715 g/mol. The Bertz CT molecular complexity index is 1710. The fourth-order valence-electron chi connectivity index (χ4n) is 10.4. The zero-order valence-electron chi connectivity index (χ0n) is 35.1. The average Bonchev–Trinajstić information content (AvgIpc) is 3.69. The molecule has 286 valence electrons. The van der Waals surface area contributed by atoms with Crippen LogP contribution in [0.4, 0.5) is 0 Å². The topological polar surface area (TPSA) is 63.2 Å². The number of methoxy groups -OCH3 is 5. The van der Waals surface area contributed by atoms with Gasteiger partial charge in [0.05, 0.1) is 52.1 Å². The fraction of sp³-hybridized carbons (Fsp3) is 0.630. The van der Waals surface area contributed by atoms with Gasteiger partial charge in [0.25, 0.3) is 0 Å². The van der Waals surface area contributed by atoms with Crippen LogP contribution < -0.4 is 18.9 Å². The van der Waals surface area contributed by atoms with Crippen LogP contribution in [0.25, 0.3) is 11.1 Å². The smallest absolute Gasteiger partial charge is 0.316 e. The van der Waals surface area contributed by atoms with Gasteiger partial charge in [-0.25, -0.2) is 0 Å². The van der Waals surface area contributed by atoms with Crippen LogP contribution in [0.15, 0.2) is 36.4 Å². The molecule has 0 amide bonds. The minimum Gasteiger partial charge on any atom is -0.496 e. The van der Waals surface area contributed by atoms with Gasteiger partial charge in [-0.2, -0.15) is 0 Å². The number of carbonyl (C=O) groups excluding carboxylic acids is 1. The summed E-state index contributed by atoms with van der Waals surface area (Å²) in [5, 5.41) is 0. The molecule has 6 rings (SSSR count). The molecule has 0 aliphatic heterocycles. The van der Waals surface area contributed by atoms with Gasteiger partial charge in [-0.3, -0.25) is 4.79 Å². The normalized spacial score (nSPS) is 26.6. The zero-order valence-corrected chi connectivity index (χ0v) is 35.1. The van der Waals surface area contributed by atoms with E-state index in [1.54, 1.807) is 28.4 Å². The number of fused-ring (bicyclic) bond motifs is 4. The number of ether oxygens (including phenoxy) is 5. The van der Waals surface area contributed by atoms with E-state index in [9.17, 15) is 4.79 Å². The molecule has 6 nitrogen and oxygen atoms in total. The number of esters is 1. The lowest BCUT2D eigenvalue weighted by Crippen LogP contribution is -2.41. The maximum absolute atomic E-state index is 13.1. The molecule has 2 aromatic rings. The van der Waals surface area contributed by atoms with Crippen molar-refractivity contribution >= 4 is 17.1 Å². The molecular weight excluding hydrogens is 649 g/mol. The second-order valence-electron chi connectivity index (χ2n) is 18.7. The van der Waals surface area contributed by atoms with Gasteiger partial charge < -0.3 is 23.7 Å². The Morgan fingerprint density at radius 2 is 1.02 bits per heavy atom. The number of rotatable bonds is 8. The van der Waals surface area contributed by atoms with Gasteiger partial charge in [0, 0.05) is 5.41 Å². The summed E-state index contributed by atoms with van der Waals surface area (Å²) >= 11 is 0. The van der Waals surface area contributed by atoms with E-state index in [0.717, 1.165) is 59.0 Å². The Balaban J connectivity index is 0.000000202. The molecule has 0 radical (unpaired) electrons. The Hall–Kier alpha value is -3.41. The first-order valence-corrected chi connectivity index (χ1v) is 19.2. The molecule has 4 aliphatic carbocycles. The summed E-state index contributed by atoms with van der Waals surface area (Å²) in [4.78, 5) is 13.1. The highest BCUT2D eigenvalue weighted by Gasteiger charge is 2.66. The minimum absolute atomic E-state index is 0.0402. The molecule has 0 unspecified atom stereocenters. The van der Waals surface area contributed by atoms with E-state index in [1.807, 2.05) is 0 Å². The van der Waals surface area contributed by atoms with Crippen molar-refractivity contribution in [3.05, 3.63) is 58.7 Å². The van der Waals surface area contributed by atoms with E-state index < -0.39 is 5.41 Å². The SMILES string of the molecule is CC[C@]12CC[C@H](C=C1c1c(OC)cc(C(C)(C)C)cc1OC)C2(C)C.COC(=O)[C@]12CC[C@H](C=C1c1c(OC)cc(C(C)(C)C)cc1OC)C2(C)C. The van der Waals surface area contributed by atoms with Crippen LogP contribution in [0, 0.1) is 33.5 Å². The predicted octanol–water partition coefficient (Wildman–Crippen LogP) is 11.2. The first-order chi connectivity index (χ1) is 24.2. The predicted molar refractivity (Wildman–Crippen MR) is 213 cm³/mol. The van der Waals surface area contributed by atoms with Gasteiger partial charge in [-0.15, -0.1) is 0 Å². The van der Waals surface area contributed by atoms with Crippen molar-refractivity contribution in [2.45, 2.75) is 119 Å². The highest BCUT2D eigenvalue weighted by molar-refractivity contribution is 5.99. The monoisotopic (exact) mass is 714 g/mol. The van der Waals surface area contributed by atoms with Crippen molar-refractivity contribution in [3.8, 4) is 23.0 Å². The van der Waals surface area contributed by atoms with Crippen LogP contribution in [-0.2, 0) is 20.4 Å². The van der Waals surface area contributed by atoms with Crippen LogP contribution in [0.1, 0.15) is 131 Å². The lowest BCUT2D eigenvalue weighted by molar-refractivity contribution is -0.153. The Kier molecular flexibility index (Phi) is 10.3. The molecule has 4 aliphatic rings. The van der Waals surface area contributed by atoms with Gasteiger partial charge >= 0.3 is 5.97 Å². The van der Waals surface area contributed by atoms with Crippen molar-refractivity contribution in [2.75, 3.05) is 35.5 Å². The van der Waals surface area contributed by atoms with E-state index in [2.05, 4.69) is 113 Å². The fourth-order valence-corrected chi connectivity index (χ4v) is 10.4. The summed E-state index contributed by atoms with van der Waals surface area (Å²) in [5.41, 5.74) is 6.56. The Morgan fingerprint density at radius 1 is 0.635 bits per heavy atom. The molecule has 0 heterocycles. The van der Waals surface area contributed by atoms with Gasteiger partial charge in [-0.1, -0.05) is 88.3 Å². The van der Waals surface area contributed by atoms with Crippen molar-refractivity contribution in [1.29, 1.82) is 0 Å². The third kappa shape index (κ3) is 5.77. The molecule has 2 aromatic carbocycles. The second-order valence-corrected chi connectivity index (χ2v) is 18.7. The molecule has 4 atom stereocenters. The van der Waals surface area contributed by atoms with Gasteiger partial charge in [0.2, 0.25) is 0 Å². The zero-order chi connectivity index (χ0) is 38.8. The highest BCUT2D eigenvalue weighted by Crippen LogP contribution is 2.71. The van der Waals surface area contributed by atoms with Gasteiger partial charge in [0.1, 0.15) is 23.0 Å². The second kappa shape index (κ2) is 13.5. The van der Waals surface area contributed by atoms with Crippen molar-refractivity contribution in [2.24, 2.45) is 33.5 Å². The summed E-state index contributed by atoms with van der Waals surface area (Å²) in [5.74, 6) is 4.22. The van der Waals surface area contributed by atoms with E-state index in [0.29, 0.717) is 17.3 Å². The quantitative estimate of drug-likeness (QED) is 0.254. The molecule has 0 spiro atoms. The molecule has 2 fully saturated rings. The lowest BCUT2D eigenvalue weighted by Gasteiger charge is -2.41. The number of hydrogen-bond acceptors (Lipinski definition) is 6. The van der Waals surface area contributed by atoms with Gasteiger partial charge in [0.15, 0.2) is 0 Å². The van der Waals surface area contributed by atoms with Crippen molar-refractivity contribution in [1.82, 2.24) is 0 Å². The van der Waals surface area contributed by atoms with Gasteiger partial charge in [-0.05, 0) is 112 Å². The molecule has 0 N–H and O–H groups in total. The maximum atomic E-state index is 13.1. The van der Waals surface area contributed by atoms with Crippen LogP contribution in [0.5, 0.6) is 23.0 Å². The third-order valence-corrected chi connectivity index (χ3v) is 14.0. The molecule has 52 heavy (non-hydrogen) atoms. The minimum atomic E-state index is -0.670. The lowest BCUT2D eigenvalue weighted by atomic mass is 9.63. The van der Waals surface area contributed by atoms with E-state index in [-0.39, 0.29) is 27.6 Å². The van der Waals surface area contributed by atoms with E-state index in [4.69, 9.17) is 23.7 Å². The summed E-state index contributed by atoms with van der Waals surface area (Å²) in [6.07, 6.45) is 10.3. The van der Waals surface area contributed by atoms with E-state index in [1.165, 1.54) is 36.7 Å². The number of carbonyl (C=O) groups is 1. The maximum Gasteiger partial charge on any atom is 0.316 e. The standard InChI is InChI=1S/C23H32O4.C23H34O2/c1-21(2,3)15-12-17(25-6)19(18(13-15)26-7)16-11-14-9-10-23(16,20(24)27-8)22(14,4)5;1-9-23-11-10-15(22(23,5)6)12-17(23)20-18(24-7)13-16(21(2,3)4)14-19(20)25-8/h11-14H,9-10H2,1-8H3;12-15H,9-11H2,1-8H3/t14-,23+;15-,23+/m11/s1. The molecule has 2 saturated carbocycles. The number of allylic oxidation sites excluding steroid dienone is 3. The van der Waals surface area contributed by atoms with Crippen LogP contribution in [0.2, 0.25) is 0 Å².